The van der Waals surface area contributed by atoms with E-state index < -0.39 is 6.10 Å². The maximum Gasteiger partial charge on any atom is 0.419 e. The Bertz CT molecular complexity index is 1120. The predicted octanol–water partition coefficient (Wildman–Crippen LogP) is 2.11. The van der Waals surface area contributed by atoms with Gasteiger partial charge in [0.05, 0.1) is 11.6 Å². The normalized spacial score (nSPS) is 16.0. The molecular formula is C23H26N4O4. The third kappa shape index (κ3) is 5.81. The van der Waals surface area contributed by atoms with E-state index in [1.54, 1.807) is 7.05 Å². The molecule has 0 radical (unpaired) electrons. The Hall–Kier alpha value is -3.41. The Labute approximate surface area is 180 Å². The van der Waals surface area contributed by atoms with Crippen LogP contribution in [0, 0.1) is 18.3 Å². The van der Waals surface area contributed by atoms with Crippen molar-refractivity contribution in [3.05, 3.63) is 58.6 Å². The minimum absolute atomic E-state index is 0.0404. The number of fused-ring (bicyclic) bond motifs is 1. The largest absolute Gasteiger partial charge is 0.419 e. The Morgan fingerprint density at radius 3 is 2.74 bits per heavy atom. The van der Waals surface area contributed by atoms with Crippen LogP contribution in [0.5, 0.6) is 0 Å². The molecule has 1 amide bonds. The van der Waals surface area contributed by atoms with Crippen LogP contribution in [0.1, 0.15) is 12.0 Å². The van der Waals surface area contributed by atoms with Gasteiger partial charge in [-0.2, -0.15) is 5.26 Å². The summed E-state index contributed by atoms with van der Waals surface area (Å²) in [6.45, 7) is 4.10. The van der Waals surface area contributed by atoms with E-state index in [-0.39, 0.29) is 18.2 Å². The van der Waals surface area contributed by atoms with Crippen molar-refractivity contribution in [1.29, 1.82) is 5.26 Å². The molecule has 1 aromatic heterocycles. The number of carbonyl (C=O) groups excluding carboxylic acids is 1. The van der Waals surface area contributed by atoms with Crippen molar-refractivity contribution in [2.75, 3.05) is 26.2 Å². The number of oxazole rings is 1. The van der Waals surface area contributed by atoms with Crippen molar-refractivity contribution in [2.24, 2.45) is 7.05 Å². The molecule has 0 spiro atoms. The second-order valence-corrected chi connectivity index (χ2v) is 7.27. The van der Waals surface area contributed by atoms with Crippen molar-refractivity contribution in [3.8, 4) is 17.2 Å². The van der Waals surface area contributed by atoms with Crippen LogP contribution < -0.4 is 16.4 Å². The standard InChI is InChI=1S/C15H13NO2.C8H13N3O2/c1-10-3-5-11(6-4-10)12-7-8-14-13(9-12)16(2)15(17)18-14;9-2-4-11-8(12)7-6-10-3-1-5-13-7/h3-9H,1-2H3;7,10H,1,3-6H2,(H,11,12). The van der Waals surface area contributed by atoms with E-state index in [9.17, 15) is 9.59 Å². The maximum absolute atomic E-state index is 11.4. The average Bonchev–Trinajstić information content (AvgIpc) is 2.96. The fraction of sp³-hybridized carbons (Fsp3) is 0.348. The number of ether oxygens (including phenoxy) is 1. The van der Waals surface area contributed by atoms with Gasteiger partial charge in [-0.25, -0.2) is 4.79 Å². The highest BCUT2D eigenvalue weighted by Gasteiger charge is 2.19. The van der Waals surface area contributed by atoms with Crippen LogP contribution in [-0.4, -0.2) is 42.8 Å². The second-order valence-electron chi connectivity index (χ2n) is 7.27. The first-order valence-electron chi connectivity index (χ1n) is 10.1. The first-order chi connectivity index (χ1) is 15.0. The summed E-state index contributed by atoms with van der Waals surface area (Å²) in [6.07, 6.45) is 0.470. The molecule has 0 bridgehead atoms. The van der Waals surface area contributed by atoms with Crippen molar-refractivity contribution in [2.45, 2.75) is 19.4 Å². The van der Waals surface area contributed by atoms with Crippen LogP contribution in [0.4, 0.5) is 0 Å². The Balaban J connectivity index is 0.000000187. The maximum atomic E-state index is 11.4. The molecule has 162 valence electrons. The quantitative estimate of drug-likeness (QED) is 0.626. The van der Waals surface area contributed by atoms with Crippen LogP contribution in [-0.2, 0) is 16.6 Å². The molecule has 2 aromatic carbocycles. The molecule has 1 aliphatic rings. The minimum Gasteiger partial charge on any atom is -0.408 e. The molecule has 1 aliphatic heterocycles. The zero-order chi connectivity index (χ0) is 22.2. The number of amides is 1. The van der Waals surface area contributed by atoms with Gasteiger partial charge in [0, 0.05) is 20.2 Å². The van der Waals surface area contributed by atoms with Gasteiger partial charge < -0.3 is 19.8 Å². The molecular weight excluding hydrogens is 396 g/mol. The lowest BCUT2D eigenvalue weighted by Crippen LogP contribution is -2.41. The summed E-state index contributed by atoms with van der Waals surface area (Å²) < 4.78 is 11.9. The molecule has 8 heteroatoms. The van der Waals surface area contributed by atoms with Crippen molar-refractivity contribution in [1.82, 2.24) is 15.2 Å². The van der Waals surface area contributed by atoms with E-state index in [2.05, 4.69) is 41.8 Å². The number of nitrogens with one attached hydrogen (secondary N) is 2. The molecule has 3 aromatic rings. The highest BCUT2D eigenvalue weighted by atomic mass is 16.5. The summed E-state index contributed by atoms with van der Waals surface area (Å²) >= 11 is 0. The summed E-state index contributed by atoms with van der Waals surface area (Å²) in [4.78, 5) is 22.7. The Morgan fingerprint density at radius 2 is 2.00 bits per heavy atom. The number of aromatic nitrogens is 1. The van der Waals surface area contributed by atoms with Gasteiger partial charge in [-0.1, -0.05) is 35.9 Å². The monoisotopic (exact) mass is 422 g/mol. The fourth-order valence-electron chi connectivity index (χ4n) is 3.18. The van der Waals surface area contributed by atoms with E-state index in [1.807, 2.05) is 24.3 Å². The van der Waals surface area contributed by atoms with E-state index >= 15 is 0 Å². The van der Waals surface area contributed by atoms with Crippen molar-refractivity contribution >= 4 is 17.0 Å². The van der Waals surface area contributed by atoms with Crippen molar-refractivity contribution in [3.63, 3.8) is 0 Å². The third-order valence-corrected chi connectivity index (χ3v) is 4.96. The lowest BCUT2D eigenvalue weighted by Gasteiger charge is -2.12. The van der Waals surface area contributed by atoms with Gasteiger partial charge in [0.1, 0.15) is 12.6 Å². The molecule has 31 heavy (non-hydrogen) atoms. The smallest absolute Gasteiger partial charge is 0.408 e. The lowest BCUT2D eigenvalue weighted by molar-refractivity contribution is -0.131. The molecule has 2 heterocycles. The highest BCUT2D eigenvalue weighted by molar-refractivity contribution is 5.81. The number of hydrogen-bond acceptors (Lipinski definition) is 6. The molecule has 0 saturated carbocycles. The molecule has 1 fully saturated rings. The van der Waals surface area contributed by atoms with E-state index in [0.29, 0.717) is 18.7 Å². The number of nitrogens with zero attached hydrogens (tertiary/aromatic N) is 2. The molecule has 4 rings (SSSR count). The SMILES string of the molecule is Cc1ccc(-c2ccc3oc(=O)n(C)c3c2)cc1.N#CCNC(=O)C1CNCCCO1. The summed E-state index contributed by atoms with van der Waals surface area (Å²) in [6, 6.07) is 15.9. The first-order valence-corrected chi connectivity index (χ1v) is 10.1. The summed E-state index contributed by atoms with van der Waals surface area (Å²) in [5, 5.41) is 13.8. The van der Waals surface area contributed by atoms with Crippen LogP contribution in [0.25, 0.3) is 22.2 Å². The van der Waals surface area contributed by atoms with Crippen LogP contribution >= 0.6 is 0 Å². The number of hydrogen-bond donors (Lipinski definition) is 2. The predicted molar refractivity (Wildman–Crippen MR) is 117 cm³/mol. The van der Waals surface area contributed by atoms with Gasteiger partial charge in [0.15, 0.2) is 5.58 Å². The van der Waals surface area contributed by atoms with E-state index in [1.165, 1.54) is 10.1 Å². The Kier molecular flexibility index (Phi) is 7.60. The Morgan fingerprint density at radius 1 is 1.26 bits per heavy atom. The zero-order valence-electron chi connectivity index (χ0n) is 17.7. The summed E-state index contributed by atoms with van der Waals surface area (Å²) in [7, 11) is 1.72. The van der Waals surface area contributed by atoms with Gasteiger partial charge in [0.2, 0.25) is 0 Å². The lowest BCUT2D eigenvalue weighted by atomic mass is 10.0. The molecule has 0 aliphatic carbocycles. The average molecular weight is 422 g/mol. The molecule has 1 atom stereocenters. The number of carbonyl (C=O) groups is 1. The summed E-state index contributed by atoms with van der Waals surface area (Å²) in [5.41, 5.74) is 4.89. The van der Waals surface area contributed by atoms with Gasteiger partial charge in [-0.15, -0.1) is 0 Å². The number of benzene rings is 2. The van der Waals surface area contributed by atoms with Gasteiger partial charge in [0.25, 0.3) is 5.91 Å². The number of nitriles is 1. The van der Waals surface area contributed by atoms with Crippen LogP contribution in [0.15, 0.2) is 51.7 Å². The van der Waals surface area contributed by atoms with E-state index in [0.717, 1.165) is 29.6 Å². The zero-order valence-corrected chi connectivity index (χ0v) is 17.7. The molecule has 2 N–H and O–H groups in total. The fourth-order valence-corrected chi connectivity index (χ4v) is 3.18. The van der Waals surface area contributed by atoms with Crippen LogP contribution in [0.3, 0.4) is 0 Å². The number of aryl methyl sites for hydroxylation is 2. The van der Waals surface area contributed by atoms with Crippen LogP contribution in [0.2, 0.25) is 0 Å². The topological polar surface area (TPSA) is 109 Å². The molecule has 8 nitrogen and oxygen atoms in total. The molecule has 1 unspecified atom stereocenters. The van der Waals surface area contributed by atoms with E-state index in [4.69, 9.17) is 14.4 Å². The first kappa shape index (κ1) is 22.3. The minimum atomic E-state index is -0.448. The van der Waals surface area contributed by atoms with Gasteiger partial charge in [-0.3, -0.25) is 9.36 Å². The van der Waals surface area contributed by atoms with Gasteiger partial charge in [-0.05, 0) is 43.1 Å². The number of rotatable bonds is 3. The third-order valence-electron chi connectivity index (χ3n) is 4.96. The second kappa shape index (κ2) is 10.6. The van der Waals surface area contributed by atoms with Gasteiger partial charge >= 0.3 is 5.76 Å². The van der Waals surface area contributed by atoms with Crippen molar-refractivity contribution < 1.29 is 13.9 Å². The molecule has 1 saturated heterocycles. The highest BCUT2D eigenvalue weighted by Crippen LogP contribution is 2.24. The summed E-state index contributed by atoms with van der Waals surface area (Å²) in [5.74, 6) is -0.540.